The summed E-state index contributed by atoms with van der Waals surface area (Å²) in [5.41, 5.74) is 4.10. The summed E-state index contributed by atoms with van der Waals surface area (Å²) in [5.74, 6) is 2.65. The summed E-state index contributed by atoms with van der Waals surface area (Å²) >= 11 is 0. The average molecular weight is 298 g/mol. The predicted molar refractivity (Wildman–Crippen MR) is 87.9 cm³/mol. The van der Waals surface area contributed by atoms with Gasteiger partial charge in [0.25, 0.3) is 0 Å². The van der Waals surface area contributed by atoms with E-state index in [9.17, 15) is 0 Å². The molecule has 1 aromatic rings. The lowest BCUT2D eigenvalue weighted by Crippen LogP contribution is -2.38. The van der Waals surface area contributed by atoms with E-state index in [-0.39, 0.29) is 12.4 Å². The van der Waals surface area contributed by atoms with Crippen molar-refractivity contribution in [3.8, 4) is 5.75 Å². The van der Waals surface area contributed by atoms with Gasteiger partial charge in [-0.3, -0.25) is 4.90 Å². The number of piperidine rings is 1. The molecule has 0 aromatic heterocycles. The molecule has 2 unspecified atom stereocenters. The van der Waals surface area contributed by atoms with Gasteiger partial charge in [-0.1, -0.05) is 19.9 Å². The molecule has 114 valence electrons. The second kappa shape index (κ2) is 7.33. The Morgan fingerprint density at radius 2 is 1.70 bits per heavy atom. The van der Waals surface area contributed by atoms with Crippen LogP contribution in [0.3, 0.4) is 0 Å². The Kier molecular flexibility index (Phi) is 6.35. The van der Waals surface area contributed by atoms with E-state index in [0.717, 1.165) is 24.1 Å². The van der Waals surface area contributed by atoms with E-state index in [4.69, 9.17) is 4.74 Å². The van der Waals surface area contributed by atoms with Crippen molar-refractivity contribution in [1.29, 1.82) is 0 Å². The zero-order valence-electron chi connectivity index (χ0n) is 13.4. The van der Waals surface area contributed by atoms with Gasteiger partial charge in [-0.25, -0.2) is 0 Å². The van der Waals surface area contributed by atoms with Crippen LogP contribution < -0.4 is 4.74 Å². The molecule has 2 atom stereocenters. The molecule has 0 aliphatic carbocycles. The summed E-state index contributed by atoms with van der Waals surface area (Å²) in [5, 5.41) is 0. The van der Waals surface area contributed by atoms with Gasteiger partial charge in [0.1, 0.15) is 5.75 Å². The van der Waals surface area contributed by atoms with Crippen molar-refractivity contribution in [2.75, 3.05) is 20.2 Å². The van der Waals surface area contributed by atoms with Crippen molar-refractivity contribution in [3.63, 3.8) is 0 Å². The van der Waals surface area contributed by atoms with E-state index in [1.807, 2.05) is 0 Å². The Bertz CT molecular complexity index is 437. The minimum absolute atomic E-state index is 0. The van der Waals surface area contributed by atoms with Crippen LogP contribution in [0.1, 0.15) is 37.0 Å². The summed E-state index contributed by atoms with van der Waals surface area (Å²) in [7, 11) is 1.75. The van der Waals surface area contributed by atoms with Gasteiger partial charge in [-0.15, -0.1) is 12.4 Å². The van der Waals surface area contributed by atoms with Crippen LogP contribution in [0, 0.1) is 25.7 Å². The number of methoxy groups -OCH3 is 1. The largest absolute Gasteiger partial charge is 0.496 e. The van der Waals surface area contributed by atoms with Crippen LogP contribution in [-0.2, 0) is 6.54 Å². The first kappa shape index (κ1) is 17.3. The van der Waals surface area contributed by atoms with Gasteiger partial charge >= 0.3 is 0 Å². The summed E-state index contributed by atoms with van der Waals surface area (Å²) in [6.07, 6.45) is 1.37. The number of hydrogen-bond donors (Lipinski definition) is 0. The highest BCUT2D eigenvalue weighted by Gasteiger charge is 2.22. The third-order valence-electron chi connectivity index (χ3n) is 4.41. The molecule has 1 fully saturated rings. The van der Waals surface area contributed by atoms with E-state index in [0.29, 0.717) is 0 Å². The number of halogens is 1. The molecule has 1 saturated heterocycles. The standard InChI is InChI=1S/C17H27NO.ClH/c1-12-8-13(2)10-18(9-12)11-16-6-7-17(19-5)15(4)14(16)3;/h6-7,12-13H,8-11H2,1-5H3;1H. The van der Waals surface area contributed by atoms with Gasteiger partial charge in [0, 0.05) is 19.6 Å². The lowest BCUT2D eigenvalue weighted by Gasteiger charge is -2.35. The SMILES string of the molecule is COc1ccc(CN2CC(C)CC(C)C2)c(C)c1C.Cl. The Hall–Kier alpha value is -0.730. The van der Waals surface area contributed by atoms with Gasteiger partial charge in [-0.05, 0) is 54.9 Å². The summed E-state index contributed by atoms with van der Waals surface area (Å²) in [6, 6.07) is 4.33. The number of nitrogens with zero attached hydrogens (tertiary/aromatic N) is 1. The van der Waals surface area contributed by atoms with Crippen LogP contribution in [0.2, 0.25) is 0 Å². The molecule has 0 spiro atoms. The highest BCUT2D eigenvalue weighted by molar-refractivity contribution is 5.85. The molecule has 0 saturated carbocycles. The van der Waals surface area contributed by atoms with Crippen LogP contribution in [0.4, 0.5) is 0 Å². The zero-order chi connectivity index (χ0) is 14.0. The third-order valence-corrected chi connectivity index (χ3v) is 4.41. The number of likely N-dealkylation sites (tertiary alicyclic amines) is 1. The van der Waals surface area contributed by atoms with Crippen molar-refractivity contribution >= 4 is 12.4 Å². The minimum atomic E-state index is 0. The van der Waals surface area contributed by atoms with Crippen molar-refractivity contribution in [2.24, 2.45) is 11.8 Å². The zero-order valence-corrected chi connectivity index (χ0v) is 14.2. The first-order valence-corrected chi connectivity index (χ1v) is 7.36. The van der Waals surface area contributed by atoms with Crippen molar-refractivity contribution in [1.82, 2.24) is 4.90 Å². The van der Waals surface area contributed by atoms with Crippen LogP contribution in [0.15, 0.2) is 12.1 Å². The molecule has 0 N–H and O–H groups in total. The fourth-order valence-corrected chi connectivity index (χ4v) is 3.41. The first-order chi connectivity index (χ1) is 9.01. The van der Waals surface area contributed by atoms with E-state index in [1.165, 1.54) is 36.2 Å². The Morgan fingerprint density at radius 1 is 1.10 bits per heavy atom. The Morgan fingerprint density at radius 3 is 2.25 bits per heavy atom. The molecule has 3 heteroatoms. The van der Waals surface area contributed by atoms with Gasteiger partial charge in [0.15, 0.2) is 0 Å². The lowest BCUT2D eigenvalue weighted by atomic mass is 9.91. The maximum Gasteiger partial charge on any atom is 0.122 e. The molecule has 20 heavy (non-hydrogen) atoms. The number of rotatable bonds is 3. The molecular formula is C17H28ClNO. The van der Waals surface area contributed by atoms with Gasteiger partial charge in [-0.2, -0.15) is 0 Å². The molecule has 1 aromatic carbocycles. The smallest absolute Gasteiger partial charge is 0.122 e. The average Bonchev–Trinajstić information content (AvgIpc) is 2.34. The molecular weight excluding hydrogens is 270 g/mol. The molecule has 2 rings (SSSR count). The molecule has 0 radical (unpaired) electrons. The maximum atomic E-state index is 5.39. The number of hydrogen-bond acceptors (Lipinski definition) is 2. The summed E-state index contributed by atoms with van der Waals surface area (Å²) in [4.78, 5) is 2.60. The number of ether oxygens (including phenoxy) is 1. The fourth-order valence-electron chi connectivity index (χ4n) is 3.41. The summed E-state index contributed by atoms with van der Waals surface area (Å²) in [6.45, 7) is 12.6. The number of benzene rings is 1. The monoisotopic (exact) mass is 297 g/mol. The third kappa shape index (κ3) is 3.89. The van der Waals surface area contributed by atoms with E-state index >= 15 is 0 Å². The Balaban J connectivity index is 0.00000200. The second-order valence-corrected chi connectivity index (χ2v) is 6.32. The van der Waals surface area contributed by atoms with Crippen LogP contribution in [0.25, 0.3) is 0 Å². The first-order valence-electron chi connectivity index (χ1n) is 7.36. The van der Waals surface area contributed by atoms with Gasteiger partial charge < -0.3 is 4.74 Å². The van der Waals surface area contributed by atoms with Crippen molar-refractivity contribution in [2.45, 2.75) is 40.7 Å². The van der Waals surface area contributed by atoms with Crippen molar-refractivity contribution in [3.05, 3.63) is 28.8 Å². The highest BCUT2D eigenvalue weighted by Crippen LogP contribution is 2.27. The predicted octanol–water partition coefficient (Wildman–Crippen LogP) is 4.21. The highest BCUT2D eigenvalue weighted by atomic mass is 35.5. The molecule has 0 amide bonds. The van der Waals surface area contributed by atoms with Crippen LogP contribution in [0.5, 0.6) is 5.75 Å². The molecule has 1 aliphatic rings. The molecule has 1 aliphatic heterocycles. The van der Waals surface area contributed by atoms with Crippen LogP contribution in [-0.4, -0.2) is 25.1 Å². The van der Waals surface area contributed by atoms with E-state index in [1.54, 1.807) is 7.11 Å². The lowest BCUT2D eigenvalue weighted by molar-refractivity contribution is 0.134. The van der Waals surface area contributed by atoms with E-state index in [2.05, 4.69) is 44.7 Å². The van der Waals surface area contributed by atoms with Gasteiger partial charge in [0.2, 0.25) is 0 Å². The van der Waals surface area contributed by atoms with Crippen LogP contribution >= 0.6 is 12.4 Å². The topological polar surface area (TPSA) is 12.5 Å². The van der Waals surface area contributed by atoms with Gasteiger partial charge in [0.05, 0.1) is 7.11 Å². The molecule has 1 heterocycles. The maximum absolute atomic E-state index is 5.39. The minimum Gasteiger partial charge on any atom is -0.496 e. The second-order valence-electron chi connectivity index (χ2n) is 6.32. The molecule has 2 nitrogen and oxygen atoms in total. The fraction of sp³-hybridized carbons (Fsp3) is 0.647. The normalized spacial score (nSPS) is 23.2. The molecule has 0 bridgehead atoms. The Labute approximate surface area is 129 Å². The van der Waals surface area contributed by atoms with E-state index < -0.39 is 0 Å². The summed E-state index contributed by atoms with van der Waals surface area (Å²) < 4.78 is 5.39. The van der Waals surface area contributed by atoms with Crippen molar-refractivity contribution < 1.29 is 4.74 Å². The quantitative estimate of drug-likeness (QED) is 0.828.